The van der Waals surface area contributed by atoms with E-state index >= 15 is 0 Å². The second-order valence-electron chi connectivity index (χ2n) is 6.51. The van der Waals surface area contributed by atoms with E-state index < -0.39 is 9.84 Å². The van der Waals surface area contributed by atoms with E-state index in [0.717, 1.165) is 22.0 Å². The Morgan fingerprint density at radius 3 is 2.85 bits per heavy atom. The van der Waals surface area contributed by atoms with Crippen LogP contribution in [0.5, 0.6) is 0 Å². The van der Waals surface area contributed by atoms with Crippen LogP contribution in [-0.4, -0.2) is 41.9 Å². The van der Waals surface area contributed by atoms with Crippen LogP contribution >= 0.6 is 23.4 Å². The SMILES string of the molecule is Cc1ccc2cc(COC(=O)CS[C@H]3CCS(=O)(=O)C3)c(Cl)nc2c1C. The lowest BCUT2D eigenvalue weighted by molar-refractivity contribution is -0.141. The van der Waals surface area contributed by atoms with E-state index in [4.69, 9.17) is 16.3 Å². The van der Waals surface area contributed by atoms with Gasteiger partial charge in [-0.15, -0.1) is 11.8 Å². The van der Waals surface area contributed by atoms with Crippen LogP contribution in [-0.2, 0) is 26.0 Å². The zero-order valence-corrected chi connectivity index (χ0v) is 17.0. The Bertz CT molecular complexity index is 959. The molecule has 0 N–H and O–H groups in total. The number of rotatable bonds is 5. The van der Waals surface area contributed by atoms with Crippen molar-refractivity contribution >= 4 is 50.1 Å². The van der Waals surface area contributed by atoms with E-state index in [2.05, 4.69) is 4.98 Å². The Kier molecular flexibility index (Phi) is 5.79. The van der Waals surface area contributed by atoms with E-state index in [-0.39, 0.29) is 35.1 Å². The van der Waals surface area contributed by atoms with Crippen LogP contribution in [0.2, 0.25) is 5.15 Å². The molecule has 1 aliphatic heterocycles. The van der Waals surface area contributed by atoms with E-state index in [1.165, 1.54) is 11.8 Å². The number of aromatic nitrogens is 1. The number of ether oxygens (including phenoxy) is 1. The Hall–Kier alpha value is -1.31. The molecule has 0 aliphatic carbocycles. The maximum atomic E-state index is 12.0. The molecule has 0 radical (unpaired) electrons. The van der Waals surface area contributed by atoms with Gasteiger partial charge in [0.15, 0.2) is 9.84 Å². The second kappa shape index (κ2) is 7.74. The molecule has 1 aromatic heterocycles. The number of aryl methyl sites for hydroxylation is 2. The first-order valence-electron chi connectivity index (χ1n) is 8.28. The van der Waals surface area contributed by atoms with E-state index in [1.807, 2.05) is 32.0 Å². The van der Waals surface area contributed by atoms with Gasteiger partial charge in [0.05, 0.1) is 22.8 Å². The molecule has 2 heterocycles. The van der Waals surface area contributed by atoms with Crippen molar-refractivity contribution in [1.82, 2.24) is 4.98 Å². The van der Waals surface area contributed by atoms with Gasteiger partial charge in [0.2, 0.25) is 0 Å². The van der Waals surface area contributed by atoms with Gasteiger partial charge >= 0.3 is 5.97 Å². The average Bonchev–Trinajstić information content (AvgIpc) is 2.94. The lowest BCUT2D eigenvalue weighted by Crippen LogP contribution is -2.13. The molecular weight excluding hydrogens is 394 g/mol. The molecule has 3 rings (SSSR count). The Balaban J connectivity index is 1.60. The van der Waals surface area contributed by atoms with Crippen molar-refractivity contribution in [2.45, 2.75) is 32.1 Å². The largest absolute Gasteiger partial charge is 0.460 e. The molecule has 1 aliphatic rings. The van der Waals surface area contributed by atoms with Crippen LogP contribution in [0.3, 0.4) is 0 Å². The third-order valence-corrected chi connectivity index (χ3v) is 8.14. The molecule has 0 unspecified atom stereocenters. The van der Waals surface area contributed by atoms with Gasteiger partial charge in [-0.3, -0.25) is 4.79 Å². The molecule has 1 aromatic carbocycles. The number of halogens is 1. The highest BCUT2D eigenvalue weighted by Gasteiger charge is 2.28. The van der Waals surface area contributed by atoms with Crippen molar-refractivity contribution in [1.29, 1.82) is 0 Å². The van der Waals surface area contributed by atoms with Gasteiger partial charge in [-0.25, -0.2) is 13.4 Å². The Morgan fingerprint density at radius 1 is 1.38 bits per heavy atom. The Labute approximate surface area is 162 Å². The number of hydrogen-bond acceptors (Lipinski definition) is 6. The van der Waals surface area contributed by atoms with Crippen LogP contribution in [0.15, 0.2) is 18.2 Å². The van der Waals surface area contributed by atoms with Crippen molar-refractivity contribution in [3.05, 3.63) is 40.0 Å². The molecule has 140 valence electrons. The molecule has 0 saturated carbocycles. The topological polar surface area (TPSA) is 73.3 Å². The lowest BCUT2D eigenvalue weighted by atomic mass is 10.0. The quantitative estimate of drug-likeness (QED) is 0.552. The van der Waals surface area contributed by atoms with Crippen LogP contribution in [0.4, 0.5) is 0 Å². The van der Waals surface area contributed by atoms with Gasteiger partial charge in [0, 0.05) is 16.2 Å². The number of carbonyl (C=O) groups excluding carboxylic acids is 1. The number of esters is 1. The van der Waals surface area contributed by atoms with Crippen LogP contribution in [0.1, 0.15) is 23.1 Å². The van der Waals surface area contributed by atoms with E-state index in [9.17, 15) is 13.2 Å². The molecule has 0 spiro atoms. The highest BCUT2D eigenvalue weighted by molar-refractivity contribution is 8.02. The summed E-state index contributed by atoms with van der Waals surface area (Å²) in [6.07, 6.45) is 0.597. The van der Waals surface area contributed by atoms with Gasteiger partial charge in [0.1, 0.15) is 11.8 Å². The lowest BCUT2D eigenvalue weighted by Gasteiger charge is -2.11. The molecule has 2 aromatic rings. The number of hydrogen-bond donors (Lipinski definition) is 0. The van der Waals surface area contributed by atoms with Crippen LogP contribution < -0.4 is 0 Å². The average molecular weight is 414 g/mol. The Morgan fingerprint density at radius 2 is 2.15 bits per heavy atom. The summed E-state index contributed by atoms with van der Waals surface area (Å²) in [6.45, 7) is 4.07. The summed E-state index contributed by atoms with van der Waals surface area (Å²) < 4.78 is 28.2. The highest BCUT2D eigenvalue weighted by atomic mass is 35.5. The van der Waals surface area contributed by atoms with Crippen molar-refractivity contribution in [3.63, 3.8) is 0 Å². The summed E-state index contributed by atoms with van der Waals surface area (Å²) in [6, 6.07) is 5.89. The fourth-order valence-electron chi connectivity index (χ4n) is 2.88. The number of sulfone groups is 1. The van der Waals surface area contributed by atoms with Gasteiger partial charge in [-0.2, -0.15) is 0 Å². The molecule has 1 fully saturated rings. The summed E-state index contributed by atoms with van der Waals surface area (Å²) in [5, 5.41) is 1.26. The third kappa shape index (κ3) is 4.50. The molecular formula is C18H20ClNO4S2. The molecule has 0 bridgehead atoms. The van der Waals surface area contributed by atoms with Gasteiger partial charge in [-0.05, 0) is 37.5 Å². The predicted molar refractivity (Wildman–Crippen MR) is 106 cm³/mol. The number of benzene rings is 1. The first kappa shape index (κ1) is 19.5. The molecule has 26 heavy (non-hydrogen) atoms. The minimum absolute atomic E-state index is 0.0234. The first-order chi connectivity index (χ1) is 12.2. The summed E-state index contributed by atoms with van der Waals surface area (Å²) in [4.78, 5) is 16.4. The molecule has 5 nitrogen and oxygen atoms in total. The number of carbonyl (C=O) groups is 1. The summed E-state index contributed by atoms with van der Waals surface area (Å²) in [5.74, 6) is 0.105. The number of nitrogens with zero attached hydrogens (tertiary/aromatic N) is 1. The standard InChI is InChI=1S/C18H20ClNO4S2/c1-11-3-4-13-7-14(18(19)20-17(13)12(11)2)8-24-16(21)9-25-15-5-6-26(22,23)10-15/h3-4,7,15H,5-6,8-10H2,1-2H3/t15-/m0/s1. The van der Waals surface area contributed by atoms with Gasteiger partial charge in [-0.1, -0.05) is 23.7 Å². The zero-order chi connectivity index (χ0) is 18.9. The summed E-state index contributed by atoms with van der Waals surface area (Å²) in [5.41, 5.74) is 3.73. The van der Waals surface area contributed by atoms with Crippen molar-refractivity contribution in [2.24, 2.45) is 0 Å². The molecule has 1 saturated heterocycles. The summed E-state index contributed by atoms with van der Waals surface area (Å²) in [7, 11) is -2.93. The van der Waals surface area contributed by atoms with E-state index in [1.54, 1.807) is 0 Å². The fraction of sp³-hybridized carbons (Fsp3) is 0.444. The molecule has 1 atom stereocenters. The minimum Gasteiger partial charge on any atom is -0.460 e. The number of thioether (sulfide) groups is 1. The molecule has 0 amide bonds. The van der Waals surface area contributed by atoms with Gasteiger partial charge < -0.3 is 4.74 Å². The minimum atomic E-state index is -2.93. The smallest absolute Gasteiger partial charge is 0.316 e. The highest BCUT2D eigenvalue weighted by Crippen LogP contribution is 2.26. The van der Waals surface area contributed by atoms with Crippen LogP contribution in [0.25, 0.3) is 10.9 Å². The van der Waals surface area contributed by atoms with Crippen molar-refractivity contribution in [2.75, 3.05) is 17.3 Å². The normalized spacial score (nSPS) is 19.0. The second-order valence-corrected chi connectivity index (χ2v) is 10.4. The maximum absolute atomic E-state index is 12.0. The van der Waals surface area contributed by atoms with Crippen LogP contribution in [0, 0.1) is 13.8 Å². The predicted octanol–water partition coefficient (Wildman–Crippen LogP) is 3.47. The fourth-order valence-corrected chi connectivity index (χ4v) is 6.52. The number of pyridine rings is 1. The monoisotopic (exact) mass is 413 g/mol. The number of fused-ring (bicyclic) bond motifs is 1. The maximum Gasteiger partial charge on any atom is 0.316 e. The van der Waals surface area contributed by atoms with Crippen molar-refractivity contribution < 1.29 is 17.9 Å². The zero-order valence-electron chi connectivity index (χ0n) is 14.6. The van der Waals surface area contributed by atoms with Gasteiger partial charge in [0.25, 0.3) is 0 Å². The third-order valence-electron chi connectivity index (χ3n) is 4.55. The molecule has 8 heteroatoms. The first-order valence-corrected chi connectivity index (χ1v) is 11.5. The van der Waals surface area contributed by atoms with E-state index in [0.29, 0.717) is 17.1 Å². The van der Waals surface area contributed by atoms with Crippen molar-refractivity contribution in [3.8, 4) is 0 Å². The summed E-state index contributed by atoms with van der Waals surface area (Å²) >= 11 is 7.59.